The zero-order chi connectivity index (χ0) is 42.2. The number of nitrogens with zero attached hydrogens (tertiary/aromatic N) is 2. The maximum Gasteiger partial charge on any atom is 0.137 e. The summed E-state index contributed by atoms with van der Waals surface area (Å²) in [6.45, 7) is 9.47. The van der Waals surface area contributed by atoms with Gasteiger partial charge in [0.2, 0.25) is 0 Å². The van der Waals surface area contributed by atoms with Crippen LogP contribution in [0.15, 0.2) is 199 Å². The molecule has 0 N–H and O–H groups in total. The van der Waals surface area contributed by atoms with E-state index >= 15 is 0 Å². The van der Waals surface area contributed by atoms with Crippen molar-refractivity contribution in [3.63, 3.8) is 0 Å². The lowest BCUT2D eigenvalue weighted by Gasteiger charge is -2.32. The Bertz CT molecular complexity index is 3680. The molecule has 3 heteroatoms. The Labute approximate surface area is 367 Å². The minimum atomic E-state index is -0.209. The highest BCUT2D eigenvalue weighted by Crippen LogP contribution is 2.56. The van der Waals surface area contributed by atoms with Crippen molar-refractivity contribution in [3.05, 3.63) is 216 Å². The minimum absolute atomic E-state index is 0.0886. The van der Waals surface area contributed by atoms with Gasteiger partial charge in [0.25, 0.3) is 0 Å². The van der Waals surface area contributed by atoms with Gasteiger partial charge in [0.1, 0.15) is 11.2 Å². The number of anilines is 3. The van der Waals surface area contributed by atoms with Crippen LogP contribution in [0.4, 0.5) is 17.1 Å². The van der Waals surface area contributed by atoms with Gasteiger partial charge < -0.3 is 13.9 Å². The summed E-state index contributed by atoms with van der Waals surface area (Å²) in [6, 6.07) is 71.5. The Kier molecular flexibility index (Phi) is 7.42. The zero-order valence-electron chi connectivity index (χ0n) is 35.8. The summed E-state index contributed by atoms with van der Waals surface area (Å²) in [6.07, 6.45) is 0. The largest absolute Gasteiger partial charge is 0.456 e. The van der Waals surface area contributed by atoms with Gasteiger partial charge in [-0.05, 0) is 128 Å². The molecule has 9 aromatic carbocycles. The Balaban J connectivity index is 1.000. The average molecular weight is 809 g/mol. The van der Waals surface area contributed by atoms with E-state index in [9.17, 15) is 0 Å². The number of rotatable bonds is 5. The first-order valence-corrected chi connectivity index (χ1v) is 22.1. The van der Waals surface area contributed by atoms with Crippen LogP contribution in [0.2, 0.25) is 0 Å². The van der Waals surface area contributed by atoms with Crippen molar-refractivity contribution in [1.82, 2.24) is 4.57 Å². The SMILES string of the molecule is CC1(C)c2ccccc2-c2cc3c4cc(-c5ccc(N(c6cccc7c6C(C)(C)c6ccccc6-7)c6cccc7oc8ccccc8c67)cc5)ccc4n(-c4ccccc4)c3cc21. The summed E-state index contributed by atoms with van der Waals surface area (Å²) in [5.41, 5.74) is 21.6. The predicted molar refractivity (Wildman–Crippen MR) is 263 cm³/mol. The Hall–Kier alpha value is -7.62. The first-order chi connectivity index (χ1) is 30.8. The molecule has 2 heterocycles. The second kappa shape index (κ2) is 13.0. The molecule has 0 fully saturated rings. The molecule has 0 amide bonds. The molecule has 13 rings (SSSR count). The zero-order valence-corrected chi connectivity index (χ0v) is 35.8. The van der Waals surface area contributed by atoms with Crippen LogP contribution in [-0.2, 0) is 10.8 Å². The molecule has 0 spiro atoms. The minimum Gasteiger partial charge on any atom is -0.456 e. The van der Waals surface area contributed by atoms with Crippen LogP contribution in [0.25, 0.3) is 82.8 Å². The van der Waals surface area contributed by atoms with Crippen molar-refractivity contribution >= 4 is 60.8 Å². The number of para-hydroxylation sites is 2. The average Bonchev–Trinajstić information content (AvgIpc) is 4.00. The van der Waals surface area contributed by atoms with Gasteiger partial charge in [0, 0.05) is 38.4 Å². The molecule has 2 aliphatic carbocycles. The molecule has 2 aromatic heterocycles. The number of hydrogen-bond donors (Lipinski definition) is 0. The van der Waals surface area contributed by atoms with E-state index in [2.05, 4.69) is 225 Å². The maximum absolute atomic E-state index is 6.50. The van der Waals surface area contributed by atoms with E-state index < -0.39 is 0 Å². The number of fused-ring (bicyclic) bond motifs is 12. The lowest BCUT2D eigenvalue weighted by Crippen LogP contribution is -2.20. The normalized spacial score (nSPS) is 14.3. The van der Waals surface area contributed by atoms with E-state index in [0.717, 1.165) is 33.3 Å². The molecular weight excluding hydrogens is 765 g/mol. The molecule has 300 valence electrons. The van der Waals surface area contributed by atoms with Crippen molar-refractivity contribution in [2.24, 2.45) is 0 Å². The number of hydrogen-bond acceptors (Lipinski definition) is 2. The predicted octanol–water partition coefficient (Wildman–Crippen LogP) is 16.4. The molecule has 0 saturated carbocycles. The third kappa shape index (κ3) is 5.02. The first kappa shape index (κ1) is 36.1. The fraction of sp³-hybridized carbons (Fsp3) is 0.100. The van der Waals surface area contributed by atoms with Gasteiger partial charge >= 0.3 is 0 Å². The third-order valence-electron chi connectivity index (χ3n) is 14.4. The van der Waals surface area contributed by atoms with Crippen LogP contribution >= 0.6 is 0 Å². The Morgan fingerprint density at radius 1 is 0.413 bits per heavy atom. The molecule has 0 radical (unpaired) electrons. The second-order valence-electron chi connectivity index (χ2n) is 18.5. The van der Waals surface area contributed by atoms with Crippen molar-refractivity contribution < 1.29 is 4.42 Å². The number of benzene rings is 9. The Morgan fingerprint density at radius 2 is 1.03 bits per heavy atom. The maximum atomic E-state index is 6.50. The molecule has 0 aliphatic heterocycles. The van der Waals surface area contributed by atoms with Crippen molar-refractivity contribution in [2.45, 2.75) is 38.5 Å². The van der Waals surface area contributed by atoms with Crippen molar-refractivity contribution in [2.75, 3.05) is 4.90 Å². The third-order valence-corrected chi connectivity index (χ3v) is 14.4. The molecule has 0 bridgehead atoms. The topological polar surface area (TPSA) is 21.3 Å². The van der Waals surface area contributed by atoms with E-state index in [1.165, 1.54) is 88.8 Å². The van der Waals surface area contributed by atoms with E-state index in [1.54, 1.807) is 0 Å². The fourth-order valence-corrected chi connectivity index (χ4v) is 11.4. The summed E-state index contributed by atoms with van der Waals surface area (Å²) >= 11 is 0. The van der Waals surface area contributed by atoms with Gasteiger partial charge in [-0.25, -0.2) is 0 Å². The fourth-order valence-electron chi connectivity index (χ4n) is 11.4. The highest BCUT2D eigenvalue weighted by Gasteiger charge is 2.39. The van der Waals surface area contributed by atoms with Crippen LogP contribution < -0.4 is 4.90 Å². The van der Waals surface area contributed by atoms with E-state index in [4.69, 9.17) is 4.42 Å². The van der Waals surface area contributed by atoms with Gasteiger partial charge in [-0.1, -0.05) is 149 Å². The van der Waals surface area contributed by atoms with Gasteiger partial charge in [0.15, 0.2) is 0 Å². The quantitative estimate of drug-likeness (QED) is 0.173. The number of aromatic nitrogens is 1. The van der Waals surface area contributed by atoms with E-state index in [-0.39, 0.29) is 10.8 Å². The second-order valence-corrected chi connectivity index (χ2v) is 18.5. The van der Waals surface area contributed by atoms with Crippen LogP contribution in [0.5, 0.6) is 0 Å². The molecular formula is C60H44N2O. The highest BCUT2D eigenvalue weighted by molar-refractivity contribution is 6.15. The lowest BCUT2D eigenvalue weighted by atomic mass is 9.81. The first-order valence-electron chi connectivity index (χ1n) is 22.1. The summed E-state index contributed by atoms with van der Waals surface area (Å²) in [5.74, 6) is 0. The standard InChI is InChI=1S/C60H44N2O/c1-59(2)48-22-11-9-19-42(48)45-35-47-46-34-38(30-33-51(46)61(54(47)36-50(45)59)39-16-6-5-7-17-39)37-28-31-40(32-29-37)62(52-24-15-27-56-57(52)44-20-10-13-26-55(44)63-56)53-25-14-21-43-41-18-8-12-23-49(41)60(3,4)58(43)53/h5-36H,1-4H3. The summed E-state index contributed by atoms with van der Waals surface area (Å²) in [4.78, 5) is 2.47. The molecule has 0 atom stereocenters. The van der Waals surface area contributed by atoms with Crippen LogP contribution in [0.1, 0.15) is 49.9 Å². The van der Waals surface area contributed by atoms with Gasteiger partial charge in [0.05, 0.1) is 27.8 Å². The van der Waals surface area contributed by atoms with Crippen molar-refractivity contribution in [3.8, 4) is 39.1 Å². The van der Waals surface area contributed by atoms with E-state index in [0.29, 0.717) is 0 Å². The van der Waals surface area contributed by atoms with Crippen molar-refractivity contribution in [1.29, 1.82) is 0 Å². The molecule has 11 aromatic rings. The molecule has 63 heavy (non-hydrogen) atoms. The summed E-state index contributed by atoms with van der Waals surface area (Å²) < 4.78 is 8.95. The highest BCUT2D eigenvalue weighted by atomic mass is 16.3. The van der Waals surface area contributed by atoms with Crippen LogP contribution in [0.3, 0.4) is 0 Å². The van der Waals surface area contributed by atoms with E-state index in [1.807, 2.05) is 6.07 Å². The number of furan rings is 1. The molecule has 2 aliphatic rings. The summed E-state index contributed by atoms with van der Waals surface area (Å²) in [5, 5.41) is 4.75. The molecule has 0 saturated heterocycles. The Morgan fingerprint density at radius 3 is 1.84 bits per heavy atom. The molecule has 0 unspecified atom stereocenters. The van der Waals surface area contributed by atoms with Crippen LogP contribution in [-0.4, -0.2) is 4.57 Å². The molecule has 3 nitrogen and oxygen atoms in total. The van der Waals surface area contributed by atoms with Gasteiger partial charge in [-0.15, -0.1) is 0 Å². The summed E-state index contributed by atoms with van der Waals surface area (Å²) in [7, 11) is 0. The van der Waals surface area contributed by atoms with Gasteiger partial charge in [-0.3, -0.25) is 0 Å². The monoisotopic (exact) mass is 808 g/mol. The lowest BCUT2D eigenvalue weighted by molar-refractivity contribution is 0.660. The smallest absolute Gasteiger partial charge is 0.137 e. The van der Waals surface area contributed by atoms with Gasteiger partial charge in [-0.2, -0.15) is 0 Å². The van der Waals surface area contributed by atoms with Crippen LogP contribution in [0, 0.1) is 0 Å².